The number of aliphatic imine (C=N–C) groups is 1. The summed E-state index contributed by atoms with van der Waals surface area (Å²) in [7, 11) is 1.67. The van der Waals surface area contributed by atoms with Gasteiger partial charge in [-0.05, 0) is 31.5 Å². The van der Waals surface area contributed by atoms with Crippen molar-refractivity contribution in [1.82, 2.24) is 9.88 Å². The summed E-state index contributed by atoms with van der Waals surface area (Å²) in [4.78, 5) is 10.7. The van der Waals surface area contributed by atoms with E-state index in [2.05, 4.69) is 14.9 Å². The first-order chi connectivity index (χ1) is 9.29. The molecule has 19 heavy (non-hydrogen) atoms. The molecule has 0 atom stereocenters. The van der Waals surface area contributed by atoms with Crippen LogP contribution in [-0.2, 0) is 11.2 Å². The zero-order chi connectivity index (χ0) is 13.5. The number of nitrogens with zero attached hydrogens (tertiary/aromatic N) is 3. The number of aromatic hydroxyl groups is 1. The number of pyridine rings is 1. The highest BCUT2D eigenvalue weighted by Crippen LogP contribution is 2.14. The summed E-state index contributed by atoms with van der Waals surface area (Å²) in [5.74, 6) is 0.183. The molecular formula is C14H21N3O2. The van der Waals surface area contributed by atoms with Crippen LogP contribution in [0.25, 0.3) is 0 Å². The Balaban J connectivity index is 1.83. The van der Waals surface area contributed by atoms with Gasteiger partial charge in [-0.1, -0.05) is 0 Å². The summed E-state index contributed by atoms with van der Waals surface area (Å²) in [5, 5.41) is 9.62. The Hall–Kier alpha value is -1.46. The minimum Gasteiger partial charge on any atom is -0.506 e. The first kappa shape index (κ1) is 14.0. The Morgan fingerprint density at radius 1 is 1.42 bits per heavy atom. The van der Waals surface area contributed by atoms with Gasteiger partial charge in [-0.15, -0.1) is 0 Å². The smallest absolute Gasteiger partial charge is 0.142 e. The number of hydrogen-bond acceptors (Lipinski definition) is 5. The number of rotatable bonds is 5. The van der Waals surface area contributed by atoms with Gasteiger partial charge >= 0.3 is 0 Å². The fraction of sp³-hybridized carbons (Fsp3) is 0.571. The van der Waals surface area contributed by atoms with Crippen molar-refractivity contribution in [2.75, 3.05) is 39.9 Å². The van der Waals surface area contributed by atoms with Crippen LogP contribution in [0.3, 0.4) is 0 Å². The second-order valence-electron chi connectivity index (χ2n) is 4.65. The third kappa shape index (κ3) is 4.29. The lowest BCUT2D eigenvalue weighted by Gasteiger charge is -2.26. The molecule has 1 saturated heterocycles. The van der Waals surface area contributed by atoms with Crippen molar-refractivity contribution in [3.05, 3.63) is 23.5 Å². The van der Waals surface area contributed by atoms with Crippen LogP contribution in [0.5, 0.6) is 5.75 Å². The molecule has 0 radical (unpaired) electrons. The summed E-state index contributed by atoms with van der Waals surface area (Å²) in [5.41, 5.74) is 1.55. The van der Waals surface area contributed by atoms with Gasteiger partial charge in [-0.25, -0.2) is 4.98 Å². The zero-order valence-electron chi connectivity index (χ0n) is 11.4. The first-order valence-electron chi connectivity index (χ1n) is 6.71. The highest BCUT2D eigenvalue weighted by Gasteiger charge is 2.10. The molecule has 0 aliphatic carbocycles. The lowest BCUT2D eigenvalue weighted by Crippen LogP contribution is -2.36. The molecule has 0 amide bonds. The van der Waals surface area contributed by atoms with Gasteiger partial charge in [-0.2, -0.15) is 0 Å². The average Bonchev–Trinajstić information content (AvgIpc) is 2.44. The zero-order valence-corrected chi connectivity index (χ0v) is 11.4. The molecule has 1 aliphatic heterocycles. The van der Waals surface area contributed by atoms with Crippen LogP contribution in [0.4, 0.5) is 0 Å². The molecule has 1 aromatic rings. The highest BCUT2D eigenvalue weighted by atomic mass is 16.5. The molecule has 0 bridgehead atoms. The van der Waals surface area contributed by atoms with Crippen LogP contribution in [-0.4, -0.2) is 61.1 Å². The molecule has 0 unspecified atom stereocenters. The maximum atomic E-state index is 9.62. The Morgan fingerprint density at radius 3 is 2.95 bits per heavy atom. The van der Waals surface area contributed by atoms with Gasteiger partial charge in [-0.3, -0.25) is 9.89 Å². The van der Waals surface area contributed by atoms with Gasteiger partial charge in [0.25, 0.3) is 0 Å². The average molecular weight is 263 g/mol. The topological polar surface area (TPSA) is 58.0 Å². The Kier molecular flexibility index (Phi) is 5.30. The number of aryl methyl sites for hydroxylation is 1. The van der Waals surface area contributed by atoms with E-state index in [0.717, 1.165) is 51.4 Å². The molecule has 0 spiro atoms. The van der Waals surface area contributed by atoms with Crippen molar-refractivity contribution in [2.45, 2.75) is 12.8 Å². The Labute approximate surface area is 113 Å². The van der Waals surface area contributed by atoms with Crippen LogP contribution >= 0.6 is 0 Å². The first-order valence-corrected chi connectivity index (χ1v) is 6.71. The summed E-state index contributed by atoms with van der Waals surface area (Å²) in [6, 6.07) is 3.57. The van der Waals surface area contributed by atoms with Crippen molar-refractivity contribution < 1.29 is 9.84 Å². The van der Waals surface area contributed by atoms with Gasteiger partial charge in [0.15, 0.2) is 0 Å². The van der Waals surface area contributed by atoms with Gasteiger partial charge in [0.2, 0.25) is 0 Å². The van der Waals surface area contributed by atoms with Crippen LogP contribution in [0.1, 0.15) is 17.8 Å². The Bertz CT molecular complexity index is 429. The molecule has 5 nitrogen and oxygen atoms in total. The van der Waals surface area contributed by atoms with E-state index in [4.69, 9.17) is 4.74 Å². The van der Waals surface area contributed by atoms with Crippen LogP contribution < -0.4 is 0 Å². The summed E-state index contributed by atoms with van der Waals surface area (Å²) < 4.78 is 5.32. The fourth-order valence-corrected chi connectivity index (χ4v) is 2.17. The molecule has 1 aromatic heterocycles. The van der Waals surface area contributed by atoms with Gasteiger partial charge in [0, 0.05) is 25.8 Å². The third-order valence-electron chi connectivity index (χ3n) is 3.22. The van der Waals surface area contributed by atoms with Gasteiger partial charge in [0.05, 0.1) is 19.4 Å². The predicted molar refractivity (Wildman–Crippen MR) is 75.0 cm³/mol. The molecule has 1 fully saturated rings. The van der Waals surface area contributed by atoms with Crippen molar-refractivity contribution in [3.63, 3.8) is 0 Å². The molecule has 104 valence electrons. The quantitative estimate of drug-likeness (QED) is 0.808. The maximum absolute atomic E-state index is 9.62. The summed E-state index contributed by atoms with van der Waals surface area (Å²) in [6.45, 7) is 4.81. The van der Waals surface area contributed by atoms with Crippen LogP contribution in [0, 0.1) is 0 Å². The molecular weight excluding hydrogens is 242 g/mol. The van der Waals surface area contributed by atoms with Gasteiger partial charge < -0.3 is 9.84 Å². The van der Waals surface area contributed by atoms with Crippen LogP contribution in [0.2, 0.25) is 0 Å². The van der Waals surface area contributed by atoms with Crippen molar-refractivity contribution in [1.29, 1.82) is 0 Å². The largest absolute Gasteiger partial charge is 0.506 e. The molecule has 1 N–H and O–H groups in total. The minimum absolute atomic E-state index is 0.183. The van der Waals surface area contributed by atoms with E-state index in [9.17, 15) is 5.11 Å². The number of ether oxygens (including phenoxy) is 1. The molecule has 5 heteroatoms. The molecule has 1 aliphatic rings. The van der Waals surface area contributed by atoms with Gasteiger partial charge in [0.1, 0.15) is 11.4 Å². The standard InChI is InChI=1S/C14H21N3O2/c1-15-11-13-14(18)5-4-12(16-13)3-2-6-17-7-9-19-10-8-17/h4-5,11,18H,2-3,6-10H2,1H3. The van der Waals surface area contributed by atoms with E-state index in [1.165, 1.54) is 0 Å². The number of aromatic nitrogens is 1. The molecule has 0 aromatic carbocycles. The van der Waals surface area contributed by atoms with Crippen molar-refractivity contribution >= 4 is 6.21 Å². The van der Waals surface area contributed by atoms with E-state index in [0.29, 0.717) is 5.69 Å². The van der Waals surface area contributed by atoms with E-state index in [1.54, 1.807) is 19.3 Å². The van der Waals surface area contributed by atoms with E-state index in [-0.39, 0.29) is 5.75 Å². The van der Waals surface area contributed by atoms with E-state index in [1.807, 2.05) is 6.07 Å². The normalized spacial score (nSPS) is 17.1. The third-order valence-corrected chi connectivity index (χ3v) is 3.22. The molecule has 2 rings (SSSR count). The lowest BCUT2D eigenvalue weighted by molar-refractivity contribution is 0.0374. The van der Waals surface area contributed by atoms with E-state index >= 15 is 0 Å². The Morgan fingerprint density at radius 2 is 2.21 bits per heavy atom. The SMILES string of the molecule is CN=Cc1nc(CCCN2CCOCC2)ccc1O. The summed E-state index contributed by atoms with van der Waals surface area (Å²) in [6.07, 6.45) is 3.57. The van der Waals surface area contributed by atoms with Crippen LogP contribution in [0.15, 0.2) is 17.1 Å². The predicted octanol–water partition coefficient (Wildman–Crippen LogP) is 1.10. The number of hydrogen-bond donors (Lipinski definition) is 1. The monoisotopic (exact) mass is 263 g/mol. The van der Waals surface area contributed by atoms with E-state index < -0.39 is 0 Å². The lowest BCUT2D eigenvalue weighted by atomic mass is 10.2. The summed E-state index contributed by atoms with van der Waals surface area (Å²) >= 11 is 0. The maximum Gasteiger partial charge on any atom is 0.142 e. The molecule has 0 saturated carbocycles. The fourth-order valence-electron chi connectivity index (χ4n) is 2.17. The highest BCUT2D eigenvalue weighted by molar-refractivity contribution is 5.80. The molecule has 2 heterocycles. The minimum atomic E-state index is 0.183. The van der Waals surface area contributed by atoms with Crippen molar-refractivity contribution in [2.24, 2.45) is 4.99 Å². The second kappa shape index (κ2) is 7.21. The van der Waals surface area contributed by atoms with Crippen molar-refractivity contribution in [3.8, 4) is 5.75 Å². The number of morpholine rings is 1. The second-order valence-corrected chi connectivity index (χ2v) is 4.65.